The summed E-state index contributed by atoms with van der Waals surface area (Å²) in [7, 11) is 0. The molecule has 9 heteroatoms. The molecule has 1 fully saturated rings. The second kappa shape index (κ2) is 6.25. The molecule has 6 N–H and O–H groups in total. The molecule has 7 nitrogen and oxygen atoms in total. The number of anilines is 2. The number of carbonyl (C=O) groups is 1. The monoisotopic (exact) mass is 374 g/mol. The van der Waals surface area contributed by atoms with Crippen molar-refractivity contribution < 1.29 is 4.79 Å². The Balaban J connectivity index is 1.90. The highest BCUT2D eigenvalue weighted by Crippen LogP contribution is 2.39. The van der Waals surface area contributed by atoms with Crippen LogP contribution in [0, 0.1) is 0 Å². The molecule has 3 aromatic heterocycles. The molecule has 3 aromatic rings. The molecule has 1 saturated heterocycles. The van der Waals surface area contributed by atoms with Crippen molar-refractivity contribution in [3.63, 3.8) is 0 Å². The Morgan fingerprint density at radius 3 is 2.68 bits per heavy atom. The quantitative estimate of drug-likeness (QED) is 0.644. The number of rotatable bonds is 3. The number of piperidine rings is 1. The fourth-order valence-corrected chi connectivity index (χ4v) is 4.63. The van der Waals surface area contributed by atoms with Gasteiger partial charge < -0.3 is 22.1 Å². The number of amides is 1. The lowest BCUT2D eigenvalue weighted by molar-refractivity contribution is 0.100. The van der Waals surface area contributed by atoms with Gasteiger partial charge in [-0.2, -0.15) is 11.3 Å². The average molecular weight is 374 g/mol. The van der Waals surface area contributed by atoms with Gasteiger partial charge in [-0.1, -0.05) is 0 Å². The number of primary amides is 1. The molecule has 4 heterocycles. The number of thiophene rings is 2. The number of nitrogens with two attached hydrogens (primary N) is 3. The predicted octanol–water partition coefficient (Wildman–Crippen LogP) is 2.03. The van der Waals surface area contributed by atoms with E-state index in [-0.39, 0.29) is 6.04 Å². The zero-order chi connectivity index (χ0) is 17.6. The van der Waals surface area contributed by atoms with Crippen LogP contribution in [0.25, 0.3) is 21.5 Å². The third-order valence-corrected chi connectivity index (χ3v) is 6.21. The summed E-state index contributed by atoms with van der Waals surface area (Å²) in [5.41, 5.74) is 19.7. The summed E-state index contributed by atoms with van der Waals surface area (Å²) in [5.74, 6) is 0.111. The van der Waals surface area contributed by atoms with E-state index in [4.69, 9.17) is 22.2 Å². The van der Waals surface area contributed by atoms with Crippen LogP contribution in [-0.2, 0) is 0 Å². The maximum Gasteiger partial charge on any atom is 0.260 e. The highest BCUT2D eigenvalue weighted by molar-refractivity contribution is 7.21. The number of carbonyl (C=O) groups excluding carboxylic acids is 1. The van der Waals surface area contributed by atoms with E-state index in [1.54, 1.807) is 11.3 Å². The van der Waals surface area contributed by atoms with E-state index >= 15 is 0 Å². The Morgan fingerprint density at radius 2 is 2.04 bits per heavy atom. The third kappa shape index (κ3) is 2.84. The Hall–Kier alpha value is -2.23. The summed E-state index contributed by atoms with van der Waals surface area (Å²) in [4.78, 5) is 24.3. The van der Waals surface area contributed by atoms with Crippen LogP contribution in [0.5, 0.6) is 0 Å². The lowest BCUT2D eigenvalue weighted by Crippen LogP contribution is -2.40. The predicted molar refractivity (Wildman–Crippen MR) is 103 cm³/mol. The number of hydrogen-bond donors (Lipinski definition) is 3. The Morgan fingerprint density at radius 1 is 1.28 bits per heavy atom. The van der Waals surface area contributed by atoms with E-state index in [2.05, 4.69) is 9.88 Å². The van der Waals surface area contributed by atoms with Crippen molar-refractivity contribution >= 4 is 50.4 Å². The van der Waals surface area contributed by atoms with Crippen molar-refractivity contribution in [1.82, 2.24) is 9.97 Å². The summed E-state index contributed by atoms with van der Waals surface area (Å²) in [6.07, 6.45) is 1.82. The lowest BCUT2D eigenvalue weighted by Gasteiger charge is -2.30. The van der Waals surface area contributed by atoms with Crippen molar-refractivity contribution in [2.45, 2.75) is 18.9 Å². The maximum absolute atomic E-state index is 11.7. The molecule has 1 aliphatic heterocycles. The minimum Gasteiger partial charge on any atom is -0.397 e. The van der Waals surface area contributed by atoms with Crippen LogP contribution in [0.15, 0.2) is 16.8 Å². The maximum atomic E-state index is 11.7. The van der Waals surface area contributed by atoms with E-state index in [0.717, 1.165) is 37.2 Å². The second-order valence-electron chi connectivity index (χ2n) is 6.10. The van der Waals surface area contributed by atoms with Gasteiger partial charge in [0.1, 0.15) is 9.71 Å². The van der Waals surface area contributed by atoms with Gasteiger partial charge in [0.25, 0.3) is 5.91 Å². The van der Waals surface area contributed by atoms with Crippen molar-refractivity contribution in [2.24, 2.45) is 11.5 Å². The van der Waals surface area contributed by atoms with E-state index < -0.39 is 5.91 Å². The van der Waals surface area contributed by atoms with Crippen LogP contribution >= 0.6 is 22.7 Å². The molecule has 0 spiro atoms. The molecule has 0 radical (unpaired) electrons. The fraction of sp³-hybridized carbons (Fsp3) is 0.312. The molecule has 130 valence electrons. The number of nitrogen functional groups attached to an aromatic ring is 1. The van der Waals surface area contributed by atoms with Crippen LogP contribution in [0.1, 0.15) is 22.5 Å². The van der Waals surface area contributed by atoms with Crippen LogP contribution in [-0.4, -0.2) is 35.0 Å². The molecule has 0 aliphatic carbocycles. The molecule has 0 aromatic carbocycles. The van der Waals surface area contributed by atoms with Gasteiger partial charge in [-0.15, -0.1) is 11.3 Å². The molecule has 25 heavy (non-hydrogen) atoms. The highest BCUT2D eigenvalue weighted by Gasteiger charge is 2.24. The number of aromatic nitrogens is 2. The summed E-state index contributed by atoms with van der Waals surface area (Å²) >= 11 is 2.81. The zero-order valence-electron chi connectivity index (χ0n) is 13.4. The Bertz CT molecular complexity index is 928. The summed E-state index contributed by atoms with van der Waals surface area (Å²) in [6, 6.07) is 2.22. The molecular formula is C16H18N6OS2. The standard InChI is InChI=1S/C16H18N6OS2/c17-9-1-4-22(5-2-9)16-20-12(8-3-6-24-7-8)10-11(18)13(14(19)23)25-15(10)21-16/h3,6-7,9H,1-2,4-5,17-18H2,(H2,19,23). The van der Waals surface area contributed by atoms with Gasteiger partial charge in [0.2, 0.25) is 5.95 Å². The SMILES string of the molecule is NC(=O)c1sc2nc(N3CCC(N)CC3)nc(-c3ccsc3)c2c1N. The molecule has 0 saturated carbocycles. The van der Waals surface area contributed by atoms with Gasteiger partial charge in [-0.25, -0.2) is 9.97 Å². The van der Waals surface area contributed by atoms with Gasteiger partial charge in [-0.3, -0.25) is 4.79 Å². The smallest absolute Gasteiger partial charge is 0.260 e. The molecule has 4 rings (SSSR count). The first-order chi connectivity index (χ1) is 12.0. The lowest BCUT2D eigenvalue weighted by atomic mass is 10.1. The van der Waals surface area contributed by atoms with Crippen LogP contribution < -0.4 is 22.1 Å². The molecule has 0 unspecified atom stereocenters. The first-order valence-corrected chi connectivity index (χ1v) is 9.73. The van der Waals surface area contributed by atoms with Crippen molar-refractivity contribution in [1.29, 1.82) is 0 Å². The number of hydrogen-bond acceptors (Lipinski definition) is 8. The van der Waals surface area contributed by atoms with E-state index in [0.29, 0.717) is 26.7 Å². The van der Waals surface area contributed by atoms with E-state index in [9.17, 15) is 4.79 Å². The largest absolute Gasteiger partial charge is 0.397 e. The van der Waals surface area contributed by atoms with Crippen molar-refractivity contribution in [2.75, 3.05) is 23.7 Å². The normalized spacial score (nSPS) is 15.8. The third-order valence-electron chi connectivity index (χ3n) is 4.42. The fourth-order valence-electron chi connectivity index (χ4n) is 3.04. The van der Waals surface area contributed by atoms with E-state index in [1.165, 1.54) is 11.3 Å². The number of nitrogens with zero attached hydrogens (tertiary/aromatic N) is 3. The Labute approximate surface area is 152 Å². The Kier molecular flexibility index (Phi) is 4.06. The molecular weight excluding hydrogens is 356 g/mol. The van der Waals surface area contributed by atoms with Gasteiger partial charge >= 0.3 is 0 Å². The molecule has 0 bridgehead atoms. The van der Waals surface area contributed by atoms with Crippen LogP contribution in [0.2, 0.25) is 0 Å². The van der Waals surface area contributed by atoms with Gasteiger partial charge in [0.05, 0.1) is 16.8 Å². The van der Waals surface area contributed by atoms with Crippen LogP contribution in [0.4, 0.5) is 11.6 Å². The number of fused-ring (bicyclic) bond motifs is 1. The van der Waals surface area contributed by atoms with Crippen LogP contribution in [0.3, 0.4) is 0 Å². The van der Waals surface area contributed by atoms with E-state index in [1.807, 2.05) is 16.8 Å². The van der Waals surface area contributed by atoms with Gasteiger partial charge in [0.15, 0.2) is 0 Å². The topological polar surface area (TPSA) is 124 Å². The summed E-state index contributed by atoms with van der Waals surface area (Å²) in [6.45, 7) is 1.64. The molecule has 1 aliphatic rings. The van der Waals surface area contributed by atoms with Crippen molar-refractivity contribution in [3.05, 3.63) is 21.7 Å². The van der Waals surface area contributed by atoms with Crippen molar-refractivity contribution in [3.8, 4) is 11.3 Å². The minimum atomic E-state index is -0.540. The molecule has 0 atom stereocenters. The minimum absolute atomic E-state index is 0.232. The second-order valence-corrected chi connectivity index (χ2v) is 7.88. The highest BCUT2D eigenvalue weighted by atomic mass is 32.1. The first kappa shape index (κ1) is 16.2. The van der Waals surface area contributed by atoms with Gasteiger partial charge in [-0.05, 0) is 24.3 Å². The zero-order valence-corrected chi connectivity index (χ0v) is 15.1. The molecule has 1 amide bonds. The summed E-state index contributed by atoms with van der Waals surface area (Å²) in [5, 5.41) is 4.70. The first-order valence-electron chi connectivity index (χ1n) is 7.97. The summed E-state index contributed by atoms with van der Waals surface area (Å²) < 4.78 is 0. The average Bonchev–Trinajstić information content (AvgIpc) is 3.23. The van der Waals surface area contributed by atoms with Gasteiger partial charge in [0, 0.05) is 30.1 Å².